The summed E-state index contributed by atoms with van der Waals surface area (Å²) in [5.74, 6) is 1.10. The molecule has 0 spiro atoms. The highest BCUT2D eigenvalue weighted by Gasteiger charge is 2.16. The monoisotopic (exact) mass is 485 g/mol. The highest BCUT2D eigenvalue weighted by atomic mass is 35.5. The molecule has 0 radical (unpaired) electrons. The van der Waals surface area contributed by atoms with Gasteiger partial charge in [-0.2, -0.15) is 4.98 Å². The highest BCUT2D eigenvalue weighted by molar-refractivity contribution is 7.94. The Bertz CT molecular complexity index is 1340. The fourth-order valence-electron chi connectivity index (χ4n) is 2.87. The number of thiophene rings is 1. The minimum absolute atomic E-state index is 0.159. The van der Waals surface area contributed by atoms with Gasteiger partial charge in [0.2, 0.25) is 5.95 Å². The number of aryl methyl sites for hydroxylation is 2. The van der Waals surface area contributed by atoms with E-state index in [2.05, 4.69) is 25.3 Å². The number of nitrogens with one attached hydrogen (secondary N) is 3. The third-order valence-corrected chi connectivity index (χ3v) is 7.49. The Hall–Kier alpha value is -3.14. The molecular formula is C22H20ClN5O2S2. The molecule has 0 unspecified atom stereocenters. The van der Waals surface area contributed by atoms with Crippen molar-refractivity contribution in [2.45, 2.75) is 18.1 Å². The van der Waals surface area contributed by atoms with Crippen molar-refractivity contribution < 1.29 is 8.42 Å². The van der Waals surface area contributed by atoms with Crippen molar-refractivity contribution in [3.05, 3.63) is 82.3 Å². The van der Waals surface area contributed by atoms with Crippen LogP contribution in [0.2, 0.25) is 4.34 Å². The predicted octanol–water partition coefficient (Wildman–Crippen LogP) is 6.10. The molecule has 4 rings (SSSR count). The van der Waals surface area contributed by atoms with Crippen LogP contribution in [0.25, 0.3) is 0 Å². The molecule has 2 aromatic carbocycles. The number of halogens is 1. The van der Waals surface area contributed by atoms with Crippen LogP contribution in [0.1, 0.15) is 11.3 Å². The van der Waals surface area contributed by atoms with Crippen LogP contribution in [0, 0.1) is 13.8 Å². The summed E-state index contributed by atoms with van der Waals surface area (Å²) in [5, 5.41) is 6.42. The second kappa shape index (κ2) is 9.15. The van der Waals surface area contributed by atoms with Crippen molar-refractivity contribution in [2.75, 3.05) is 15.4 Å². The molecule has 0 saturated carbocycles. The fraction of sp³-hybridized carbons (Fsp3) is 0.0909. The third-order valence-electron chi connectivity index (χ3n) is 4.38. The standard InChI is InChI=1S/C22H20ClN5O2S2/c1-14-3-5-16(6-4-14)25-20-13-15(2)24-22(27-20)26-17-7-9-18(10-8-17)28-32(29,30)21-12-11-19(23)31-21/h3-13,28H,1-2H3,(H2,24,25,26,27). The zero-order chi connectivity index (χ0) is 22.7. The van der Waals surface area contributed by atoms with E-state index < -0.39 is 10.0 Å². The molecule has 0 aliphatic heterocycles. The maximum atomic E-state index is 12.4. The van der Waals surface area contributed by atoms with E-state index in [0.29, 0.717) is 21.8 Å². The van der Waals surface area contributed by atoms with E-state index in [0.717, 1.165) is 28.4 Å². The Morgan fingerprint density at radius 2 is 1.44 bits per heavy atom. The van der Waals surface area contributed by atoms with E-state index in [9.17, 15) is 8.42 Å². The van der Waals surface area contributed by atoms with Gasteiger partial charge in [-0.05, 0) is 62.4 Å². The van der Waals surface area contributed by atoms with Gasteiger partial charge in [0, 0.05) is 28.8 Å². The van der Waals surface area contributed by atoms with Gasteiger partial charge in [0.15, 0.2) is 0 Å². The predicted molar refractivity (Wildman–Crippen MR) is 131 cm³/mol. The molecule has 32 heavy (non-hydrogen) atoms. The number of hydrogen-bond donors (Lipinski definition) is 3. The first kappa shape index (κ1) is 22.1. The van der Waals surface area contributed by atoms with Gasteiger partial charge in [-0.15, -0.1) is 11.3 Å². The number of hydrogen-bond acceptors (Lipinski definition) is 7. The van der Waals surface area contributed by atoms with Crippen LogP contribution >= 0.6 is 22.9 Å². The lowest BCUT2D eigenvalue weighted by molar-refractivity contribution is 0.603. The first-order valence-electron chi connectivity index (χ1n) is 9.61. The van der Waals surface area contributed by atoms with Gasteiger partial charge in [-0.1, -0.05) is 29.3 Å². The first-order valence-corrected chi connectivity index (χ1v) is 12.3. The van der Waals surface area contributed by atoms with E-state index in [1.807, 2.05) is 44.2 Å². The summed E-state index contributed by atoms with van der Waals surface area (Å²) >= 11 is 6.85. The second-order valence-electron chi connectivity index (χ2n) is 7.08. The quantitative estimate of drug-likeness (QED) is 0.293. The second-order valence-corrected chi connectivity index (χ2v) is 10.7. The van der Waals surface area contributed by atoms with Gasteiger partial charge in [0.25, 0.3) is 10.0 Å². The number of sulfonamides is 1. The minimum Gasteiger partial charge on any atom is -0.340 e. The van der Waals surface area contributed by atoms with Gasteiger partial charge >= 0.3 is 0 Å². The number of aromatic nitrogens is 2. The Kier molecular flexibility index (Phi) is 6.31. The summed E-state index contributed by atoms with van der Waals surface area (Å²) in [6.07, 6.45) is 0. The molecule has 2 aromatic heterocycles. The van der Waals surface area contributed by atoms with Crippen LogP contribution in [0.3, 0.4) is 0 Å². The molecule has 4 aromatic rings. The van der Waals surface area contributed by atoms with Gasteiger partial charge in [0.1, 0.15) is 10.0 Å². The molecule has 0 saturated heterocycles. The Balaban J connectivity index is 1.46. The van der Waals surface area contributed by atoms with Crippen molar-refractivity contribution in [3.63, 3.8) is 0 Å². The van der Waals surface area contributed by atoms with Gasteiger partial charge in [0.05, 0.1) is 4.34 Å². The van der Waals surface area contributed by atoms with E-state index in [-0.39, 0.29) is 4.21 Å². The Morgan fingerprint density at radius 3 is 2.09 bits per heavy atom. The molecule has 3 N–H and O–H groups in total. The number of rotatable bonds is 7. The molecule has 10 heteroatoms. The average Bonchev–Trinajstić information content (AvgIpc) is 3.18. The lowest BCUT2D eigenvalue weighted by atomic mass is 10.2. The number of benzene rings is 2. The zero-order valence-corrected chi connectivity index (χ0v) is 19.6. The van der Waals surface area contributed by atoms with Gasteiger partial charge in [-0.3, -0.25) is 4.72 Å². The molecule has 2 heterocycles. The molecule has 164 valence electrons. The van der Waals surface area contributed by atoms with E-state index in [1.54, 1.807) is 30.3 Å². The van der Waals surface area contributed by atoms with E-state index >= 15 is 0 Å². The van der Waals surface area contributed by atoms with Crippen LogP contribution < -0.4 is 15.4 Å². The van der Waals surface area contributed by atoms with Gasteiger partial charge in [-0.25, -0.2) is 13.4 Å². The van der Waals surface area contributed by atoms with E-state index in [1.165, 1.54) is 11.6 Å². The molecule has 0 atom stereocenters. The van der Waals surface area contributed by atoms with Crippen molar-refractivity contribution in [1.82, 2.24) is 9.97 Å². The normalized spacial score (nSPS) is 11.2. The molecule has 0 aliphatic rings. The molecule has 0 aliphatic carbocycles. The maximum Gasteiger partial charge on any atom is 0.271 e. The van der Waals surface area contributed by atoms with Crippen molar-refractivity contribution in [1.29, 1.82) is 0 Å². The van der Waals surface area contributed by atoms with Crippen LogP contribution in [-0.2, 0) is 10.0 Å². The number of anilines is 5. The number of nitrogens with zero attached hydrogens (tertiary/aromatic N) is 2. The summed E-state index contributed by atoms with van der Waals surface area (Å²) in [5.41, 5.74) is 4.08. The van der Waals surface area contributed by atoms with Crippen molar-refractivity contribution in [2.24, 2.45) is 0 Å². The molecule has 0 fully saturated rings. The smallest absolute Gasteiger partial charge is 0.271 e. The summed E-state index contributed by atoms with van der Waals surface area (Å²) in [6.45, 7) is 3.93. The maximum absolute atomic E-state index is 12.4. The van der Waals surface area contributed by atoms with E-state index in [4.69, 9.17) is 11.6 Å². The Morgan fingerprint density at radius 1 is 0.812 bits per heavy atom. The van der Waals surface area contributed by atoms with Crippen LogP contribution in [0.5, 0.6) is 0 Å². The molecule has 0 amide bonds. The van der Waals surface area contributed by atoms with Crippen molar-refractivity contribution in [3.8, 4) is 0 Å². The fourth-order valence-corrected chi connectivity index (χ4v) is 5.41. The third kappa shape index (κ3) is 5.56. The SMILES string of the molecule is Cc1ccc(Nc2cc(C)nc(Nc3ccc(NS(=O)(=O)c4ccc(Cl)s4)cc3)n2)cc1. The summed E-state index contributed by atoms with van der Waals surface area (Å²) < 4.78 is 28.0. The van der Waals surface area contributed by atoms with Crippen molar-refractivity contribution >= 4 is 61.8 Å². The average molecular weight is 486 g/mol. The zero-order valence-electron chi connectivity index (χ0n) is 17.3. The highest BCUT2D eigenvalue weighted by Crippen LogP contribution is 2.28. The first-order chi connectivity index (χ1) is 15.3. The molecule has 0 bridgehead atoms. The van der Waals surface area contributed by atoms with Gasteiger partial charge < -0.3 is 10.6 Å². The van der Waals surface area contributed by atoms with Crippen LogP contribution in [-0.4, -0.2) is 18.4 Å². The lowest BCUT2D eigenvalue weighted by Gasteiger charge is -2.11. The molecular weight excluding hydrogens is 466 g/mol. The largest absolute Gasteiger partial charge is 0.340 e. The summed E-state index contributed by atoms with van der Waals surface area (Å²) in [7, 11) is -3.68. The lowest BCUT2D eigenvalue weighted by Crippen LogP contribution is -2.11. The molecule has 7 nitrogen and oxygen atoms in total. The topological polar surface area (TPSA) is 96.0 Å². The van der Waals surface area contributed by atoms with Crippen LogP contribution in [0.15, 0.2) is 70.9 Å². The Labute approximate surface area is 195 Å². The summed E-state index contributed by atoms with van der Waals surface area (Å²) in [6, 6.07) is 19.7. The van der Waals surface area contributed by atoms with Crippen LogP contribution in [0.4, 0.5) is 28.8 Å². The minimum atomic E-state index is -3.68. The summed E-state index contributed by atoms with van der Waals surface area (Å²) in [4.78, 5) is 8.94.